The molecule has 0 saturated heterocycles. The molecule has 0 unspecified atom stereocenters. The summed E-state index contributed by atoms with van der Waals surface area (Å²) in [6.45, 7) is 0. The largest absolute Gasteiger partial charge is 0.365 e. The fraction of sp³-hybridized carbons (Fsp3) is 0.0833. The number of aromatic nitrogens is 1. The first-order chi connectivity index (χ1) is 8.85. The molecule has 2 heterocycles. The Hall–Kier alpha value is -1.24. The maximum Gasteiger partial charge on any atom is 0.183 e. The van der Waals surface area contributed by atoms with E-state index in [4.69, 9.17) is 0 Å². The summed E-state index contributed by atoms with van der Waals surface area (Å²) >= 11 is 5.04. The van der Waals surface area contributed by atoms with Crippen molar-refractivity contribution in [2.45, 2.75) is 4.21 Å². The predicted molar refractivity (Wildman–Crippen MR) is 83.0 cm³/mol. The Morgan fingerprint density at radius 2 is 2.22 bits per heavy atom. The lowest BCUT2D eigenvalue weighted by molar-refractivity contribution is 1.41. The number of anilines is 2. The quantitative estimate of drug-likeness (QED) is 0.694. The van der Waals surface area contributed by atoms with Gasteiger partial charge in [0, 0.05) is 12.7 Å². The van der Waals surface area contributed by atoms with E-state index < -0.39 is 0 Å². The lowest BCUT2D eigenvalue weighted by Crippen LogP contribution is -1.84. The molecule has 0 fully saturated rings. The van der Waals surface area contributed by atoms with E-state index >= 15 is 0 Å². The molecular formula is C12H11N3S3. The topological polar surface area (TPSA) is 37.0 Å². The molecule has 2 N–H and O–H groups in total. The van der Waals surface area contributed by atoms with Gasteiger partial charge in [-0.2, -0.15) is 0 Å². The van der Waals surface area contributed by atoms with Gasteiger partial charge in [-0.3, -0.25) is 0 Å². The molecule has 0 atom stereocenters. The van der Waals surface area contributed by atoms with Crippen molar-refractivity contribution < 1.29 is 0 Å². The first kappa shape index (κ1) is 11.8. The van der Waals surface area contributed by atoms with E-state index in [2.05, 4.69) is 44.7 Å². The van der Waals surface area contributed by atoms with Gasteiger partial charge in [-0.25, -0.2) is 4.98 Å². The second-order valence-electron chi connectivity index (χ2n) is 3.59. The van der Waals surface area contributed by atoms with Gasteiger partial charge in [0.1, 0.15) is 0 Å². The van der Waals surface area contributed by atoms with Crippen molar-refractivity contribution in [1.29, 1.82) is 0 Å². The minimum atomic E-state index is 0.952. The summed E-state index contributed by atoms with van der Waals surface area (Å²) < 4.78 is 5.80. The molecule has 0 bridgehead atoms. The summed E-state index contributed by atoms with van der Waals surface area (Å²) in [5, 5.41) is 6.10. The zero-order valence-corrected chi connectivity index (χ0v) is 12.1. The molecule has 0 radical (unpaired) electrons. The molecule has 0 saturated carbocycles. The average Bonchev–Trinajstić information content (AvgIpc) is 3.04. The van der Waals surface area contributed by atoms with Gasteiger partial charge in [-0.05, 0) is 41.6 Å². The molecule has 0 aliphatic rings. The summed E-state index contributed by atoms with van der Waals surface area (Å²) in [4.78, 5) is 4.46. The molecule has 2 aromatic heterocycles. The van der Waals surface area contributed by atoms with Crippen LogP contribution in [-0.4, -0.2) is 12.0 Å². The van der Waals surface area contributed by atoms with Crippen LogP contribution in [0, 0.1) is 0 Å². The van der Waals surface area contributed by atoms with Crippen molar-refractivity contribution in [2.24, 2.45) is 0 Å². The van der Waals surface area contributed by atoms with Crippen LogP contribution in [0.1, 0.15) is 0 Å². The van der Waals surface area contributed by atoms with Gasteiger partial charge < -0.3 is 10.0 Å². The summed E-state index contributed by atoms with van der Waals surface area (Å²) in [5.74, 6) is 0. The van der Waals surface area contributed by atoms with Crippen LogP contribution in [0.15, 0.2) is 39.9 Å². The number of benzene rings is 1. The molecule has 18 heavy (non-hydrogen) atoms. The zero-order chi connectivity index (χ0) is 12.4. The van der Waals surface area contributed by atoms with Crippen LogP contribution in [0.4, 0.5) is 10.8 Å². The third-order valence-corrected chi connectivity index (χ3v) is 5.28. The average molecular weight is 293 g/mol. The van der Waals surface area contributed by atoms with Crippen molar-refractivity contribution in [1.82, 2.24) is 4.98 Å². The molecule has 3 nitrogen and oxygen atoms in total. The van der Waals surface area contributed by atoms with Crippen molar-refractivity contribution >= 4 is 55.7 Å². The lowest BCUT2D eigenvalue weighted by atomic mass is 10.3. The molecule has 3 aromatic rings. The van der Waals surface area contributed by atoms with Gasteiger partial charge in [0.15, 0.2) is 5.13 Å². The fourth-order valence-corrected chi connectivity index (χ4v) is 3.81. The van der Waals surface area contributed by atoms with Crippen LogP contribution in [0.2, 0.25) is 0 Å². The minimum absolute atomic E-state index is 0.952. The monoisotopic (exact) mass is 293 g/mol. The van der Waals surface area contributed by atoms with Crippen LogP contribution in [0.3, 0.4) is 0 Å². The van der Waals surface area contributed by atoms with E-state index in [1.54, 1.807) is 34.6 Å². The minimum Gasteiger partial charge on any atom is -0.365 e. The van der Waals surface area contributed by atoms with Gasteiger partial charge >= 0.3 is 0 Å². The van der Waals surface area contributed by atoms with E-state index in [0.29, 0.717) is 0 Å². The van der Waals surface area contributed by atoms with Gasteiger partial charge in [0.2, 0.25) is 0 Å². The molecule has 0 aliphatic carbocycles. The van der Waals surface area contributed by atoms with Crippen LogP contribution >= 0.6 is 34.6 Å². The summed E-state index contributed by atoms with van der Waals surface area (Å²) in [6, 6.07) is 10.4. The van der Waals surface area contributed by atoms with Crippen LogP contribution in [-0.2, 0) is 0 Å². The smallest absolute Gasteiger partial charge is 0.183 e. The first-order valence-electron chi connectivity index (χ1n) is 5.40. The molecule has 0 aliphatic heterocycles. The Kier molecular flexibility index (Phi) is 3.40. The maximum atomic E-state index is 4.46. The number of rotatable bonds is 4. The van der Waals surface area contributed by atoms with Gasteiger partial charge in [-0.15, -0.1) is 11.3 Å². The molecule has 92 valence electrons. The molecule has 1 aromatic carbocycles. The van der Waals surface area contributed by atoms with Crippen LogP contribution in [0.5, 0.6) is 0 Å². The Balaban J connectivity index is 1.80. The number of hydrogen-bond acceptors (Lipinski definition) is 6. The van der Waals surface area contributed by atoms with E-state index in [-0.39, 0.29) is 0 Å². The second-order valence-corrected chi connectivity index (χ2v) is 6.67. The summed E-state index contributed by atoms with van der Waals surface area (Å²) in [5.41, 5.74) is 2.14. The standard InChI is InChI=1S/C12H11N3S3/c1-13-12-14-9-5-4-8(7-10(9)17-12)15-18-11-3-2-6-16-11/h2-7,15H,1H3,(H,13,14). The normalized spacial score (nSPS) is 10.7. The highest BCUT2D eigenvalue weighted by Crippen LogP contribution is 2.30. The van der Waals surface area contributed by atoms with Gasteiger partial charge in [-0.1, -0.05) is 17.4 Å². The number of fused-ring (bicyclic) bond motifs is 1. The first-order valence-corrected chi connectivity index (χ1v) is 7.91. The second kappa shape index (κ2) is 5.17. The van der Waals surface area contributed by atoms with E-state index in [1.807, 2.05) is 13.1 Å². The highest BCUT2D eigenvalue weighted by molar-refractivity contribution is 8.02. The Labute approximate surface area is 117 Å². The van der Waals surface area contributed by atoms with Crippen molar-refractivity contribution in [2.75, 3.05) is 17.1 Å². The predicted octanol–water partition coefficient (Wildman–Crippen LogP) is 4.52. The number of thiophene rings is 1. The number of thiazole rings is 1. The highest BCUT2D eigenvalue weighted by Gasteiger charge is 2.03. The number of nitrogens with zero attached hydrogens (tertiary/aromatic N) is 1. The number of hydrogen-bond donors (Lipinski definition) is 2. The molecule has 0 amide bonds. The lowest BCUT2D eigenvalue weighted by Gasteiger charge is -2.02. The van der Waals surface area contributed by atoms with E-state index in [1.165, 1.54) is 8.91 Å². The molecule has 3 rings (SSSR count). The van der Waals surface area contributed by atoms with E-state index in [9.17, 15) is 0 Å². The Morgan fingerprint density at radius 3 is 3.00 bits per heavy atom. The summed E-state index contributed by atoms with van der Waals surface area (Å²) in [7, 11) is 1.89. The van der Waals surface area contributed by atoms with Crippen molar-refractivity contribution in [3.05, 3.63) is 35.7 Å². The van der Waals surface area contributed by atoms with Crippen molar-refractivity contribution in [3.63, 3.8) is 0 Å². The van der Waals surface area contributed by atoms with Gasteiger partial charge in [0.25, 0.3) is 0 Å². The summed E-state index contributed by atoms with van der Waals surface area (Å²) in [6.07, 6.45) is 0. The highest BCUT2D eigenvalue weighted by atomic mass is 32.2. The van der Waals surface area contributed by atoms with Crippen molar-refractivity contribution in [3.8, 4) is 0 Å². The van der Waals surface area contributed by atoms with Crippen LogP contribution in [0.25, 0.3) is 10.2 Å². The number of nitrogens with one attached hydrogen (secondary N) is 2. The third kappa shape index (κ3) is 2.45. The fourth-order valence-electron chi connectivity index (χ4n) is 1.53. The van der Waals surface area contributed by atoms with Gasteiger partial charge in [0.05, 0.1) is 14.4 Å². The maximum absolute atomic E-state index is 4.46. The van der Waals surface area contributed by atoms with E-state index in [0.717, 1.165) is 16.3 Å². The molecule has 6 heteroatoms. The third-order valence-electron chi connectivity index (χ3n) is 2.37. The Bertz CT molecular complexity index is 646. The molecular weight excluding hydrogens is 282 g/mol. The molecule has 0 spiro atoms. The zero-order valence-electron chi connectivity index (χ0n) is 9.64. The SMILES string of the molecule is CNc1nc2ccc(NSc3cccs3)cc2s1. The Morgan fingerprint density at radius 1 is 1.28 bits per heavy atom. The van der Waals surface area contributed by atoms with Crippen LogP contribution < -0.4 is 10.0 Å².